The maximum atomic E-state index is 9.66. The topological polar surface area (TPSA) is 45.6 Å². The molecule has 0 bridgehead atoms. The third-order valence-corrected chi connectivity index (χ3v) is 4.66. The van der Waals surface area contributed by atoms with Gasteiger partial charge in [-0.25, -0.2) is 4.98 Å². The SMILES string of the molecule is CCC(O)COc1ccc2ccc(-c3ccc(N(C)CC)cc3)nc2c1. The Hall–Kier alpha value is -2.59. The van der Waals surface area contributed by atoms with E-state index in [-0.39, 0.29) is 0 Å². The summed E-state index contributed by atoms with van der Waals surface area (Å²) in [5.74, 6) is 0.731. The summed E-state index contributed by atoms with van der Waals surface area (Å²) in [6, 6.07) is 18.4. The molecule has 4 heteroatoms. The molecule has 0 spiro atoms. The van der Waals surface area contributed by atoms with Gasteiger partial charge in [-0.1, -0.05) is 25.1 Å². The van der Waals surface area contributed by atoms with Crippen LogP contribution in [0.25, 0.3) is 22.2 Å². The standard InChI is InChI=1S/C22H26N2O2/c1-4-19(25)15-26-20-12-8-17-9-13-21(23-22(17)14-20)16-6-10-18(11-7-16)24(3)5-2/h6-14,19,25H,4-5,15H2,1-3H3. The number of aromatic nitrogens is 1. The van der Waals surface area contributed by atoms with Crippen molar-refractivity contribution in [2.45, 2.75) is 26.4 Å². The Kier molecular flexibility index (Phi) is 5.74. The van der Waals surface area contributed by atoms with E-state index in [4.69, 9.17) is 9.72 Å². The monoisotopic (exact) mass is 350 g/mol. The number of pyridine rings is 1. The summed E-state index contributed by atoms with van der Waals surface area (Å²) >= 11 is 0. The normalized spacial score (nSPS) is 12.2. The van der Waals surface area contributed by atoms with Crippen molar-refractivity contribution in [3.05, 3.63) is 54.6 Å². The molecular formula is C22H26N2O2. The van der Waals surface area contributed by atoms with Gasteiger partial charge < -0.3 is 14.7 Å². The number of aliphatic hydroxyl groups is 1. The summed E-state index contributed by atoms with van der Waals surface area (Å²) in [6.45, 7) is 5.35. The van der Waals surface area contributed by atoms with Crippen LogP contribution in [0.15, 0.2) is 54.6 Å². The second-order valence-electron chi connectivity index (χ2n) is 6.49. The summed E-state index contributed by atoms with van der Waals surface area (Å²) in [7, 11) is 2.08. The molecule has 1 N–H and O–H groups in total. The number of ether oxygens (including phenoxy) is 1. The van der Waals surface area contributed by atoms with Gasteiger partial charge in [-0.2, -0.15) is 0 Å². The van der Waals surface area contributed by atoms with Crippen molar-refractivity contribution in [1.29, 1.82) is 0 Å². The lowest BCUT2D eigenvalue weighted by molar-refractivity contribution is 0.104. The molecule has 0 saturated carbocycles. The molecule has 4 nitrogen and oxygen atoms in total. The third-order valence-electron chi connectivity index (χ3n) is 4.66. The quantitative estimate of drug-likeness (QED) is 0.681. The molecule has 3 aromatic rings. The third kappa shape index (κ3) is 4.14. The van der Waals surface area contributed by atoms with Crippen LogP contribution >= 0.6 is 0 Å². The van der Waals surface area contributed by atoms with E-state index in [9.17, 15) is 5.11 Å². The average molecular weight is 350 g/mol. The number of anilines is 1. The van der Waals surface area contributed by atoms with Crippen molar-refractivity contribution in [2.75, 3.05) is 25.1 Å². The lowest BCUT2D eigenvalue weighted by Gasteiger charge is -2.16. The van der Waals surface area contributed by atoms with Crippen LogP contribution in [0.4, 0.5) is 5.69 Å². The average Bonchev–Trinajstić information content (AvgIpc) is 2.70. The van der Waals surface area contributed by atoms with Crippen molar-refractivity contribution in [3.8, 4) is 17.0 Å². The van der Waals surface area contributed by atoms with Crippen molar-refractivity contribution >= 4 is 16.6 Å². The maximum Gasteiger partial charge on any atom is 0.121 e. The van der Waals surface area contributed by atoms with Crippen LogP contribution in [0, 0.1) is 0 Å². The summed E-state index contributed by atoms with van der Waals surface area (Å²) in [6.07, 6.45) is 0.240. The molecule has 0 saturated heterocycles. The predicted molar refractivity (Wildman–Crippen MR) is 108 cm³/mol. The number of nitrogens with zero attached hydrogens (tertiary/aromatic N) is 2. The van der Waals surface area contributed by atoms with Crippen LogP contribution in [0.3, 0.4) is 0 Å². The summed E-state index contributed by atoms with van der Waals surface area (Å²) in [5, 5.41) is 10.7. The first-order chi connectivity index (χ1) is 12.6. The Morgan fingerprint density at radius 1 is 1.04 bits per heavy atom. The number of rotatable bonds is 7. The van der Waals surface area contributed by atoms with Gasteiger partial charge in [-0.15, -0.1) is 0 Å². The highest BCUT2D eigenvalue weighted by Gasteiger charge is 2.06. The Bertz CT molecular complexity index is 862. The molecule has 26 heavy (non-hydrogen) atoms. The van der Waals surface area contributed by atoms with Crippen molar-refractivity contribution < 1.29 is 9.84 Å². The van der Waals surface area contributed by atoms with Crippen molar-refractivity contribution in [2.24, 2.45) is 0 Å². The molecule has 1 heterocycles. The van der Waals surface area contributed by atoms with E-state index < -0.39 is 6.10 Å². The van der Waals surface area contributed by atoms with E-state index in [0.29, 0.717) is 13.0 Å². The molecule has 0 radical (unpaired) electrons. The second kappa shape index (κ2) is 8.19. The zero-order valence-corrected chi connectivity index (χ0v) is 15.6. The zero-order valence-electron chi connectivity index (χ0n) is 15.6. The maximum absolute atomic E-state index is 9.66. The number of hydrogen-bond acceptors (Lipinski definition) is 4. The summed E-state index contributed by atoms with van der Waals surface area (Å²) < 4.78 is 5.67. The van der Waals surface area contributed by atoms with Gasteiger partial charge in [0.15, 0.2) is 0 Å². The Morgan fingerprint density at radius 2 is 1.77 bits per heavy atom. The van der Waals surface area contributed by atoms with Gasteiger partial charge in [0.2, 0.25) is 0 Å². The first kappa shape index (κ1) is 18.2. The van der Waals surface area contributed by atoms with Crippen molar-refractivity contribution in [3.63, 3.8) is 0 Å². The smallest absolute Gasteiger partial charge is 0.121 e. The molecule has 2 aromatic carbocycles. The largest absolute Gasteiger partial charge is 0.491 e. The van der Waals surface area contributed by atoms with Gasteiger partial charge in [-0.05, 0) is 43.7 Å². The molecule has 136 valence electrons. The molecule has 0 amide bonds. The highest BCUT2D eigenvalue weighted by Crippen LogP contribution is 2.25. The molecule has 1 aromatic heterocycles. The molecule has 1 atom stereocenters. The lowest BCUT2D eigenvalue weighted by Crippen LogP contribution is -2.15. The molecule has 0 fully saturated rings. The van der Waals surface area contributed by atoms with Gasteiger partial charge in [-0.3, -0.25) is 0 Å². The molecule has 1 unspecified atom stereocenters. The Labute approximate surface area is 155 Å². The van der Waals surface area contributed by atoms with Gasteiger partial charge in [0, 0.05) is 36.3 Å². The highest BCUT2D eigenvalue weighted by molar-refractivity contribution is 5.83. The number of fused-ring (bicyclic) bond motifs is 1. The van der Waals surface area contributed by atoms with Crippen LogP contribution in [0.5, 0.6) is 5.75 Å². The number of benzene rings is 2. The lowest BCUT2D eigenvalue weighted by atomic mass is 10.1. The molecule has 3 rings (SSSR count). The van der Waals surface area contributed by atoms with Crippen LogP contribution in [0.2, 0.25) is 0 Å². The summed E-state index contributed by atoms with van der Waals surface area (Å²) in [5.41, 5.74) is 4.12. The Morgan fingerprint density at radius 3 is 2.46 bits per heavy atom. The summed E-state index contributed by atoms with van der Waals surface area (Å²) in [4.78, 5) is 6.99. The Balaban J connectivity index is 1.85. The van der Waals surface area contributed by atoms with E-state index >= 15 is 0 Å². The van der Waals surface area contributed by atoms with Crippen LogP contribution < -0.4 is 9.64 Å². The van der Waals surface area contributed by atoms with Crippen LogP contribution in [-0.4, -0.2) is 36.4 Å². The van der Waals surface area contributed by atoms with Gasteiger partial charge in [0.1, 0.15) is 12.4 Å². The fourth-order valence-electron chi connectivity index (χ4n) is 2.73. The highest BCUT2D eigenvalue weighted by atomic mass is 16.5. The number of aliphatic hydroxyl groups excluding tert-OH is 1. The van der Waals surface area contributed by atoms with E-state index in [1.54, 1.807) is 0 Å². The minimum absolute atomic E-state index is 0.300. The minimum atomic E-state index is -0.440. The second-order valence-corrected chi connectivity index (χ2v) is 6.49. The fraction of sp³-hybridized carbons (Fsp3) is 0.318. The van der Waals surface area contributed by atoms with E-state index in [1.807, 2.05) is 31.2 Å². The van der Waals surface area contributed by atoms with E-state index in [0.717, 1.165) is 34.5 Å². The molecule has 0 aliphatic carbocycles. The zero-order chi connectivity index (χ0) is 18.5. The van der Waals surface area contributed by atoms with E-state index in [1.165, 1.54) is 5.69 Å². The van der Waals surface area contributed by atoms with Gasteiger partial charge >= 0.3 is 0 Å². The van der Waals surface area contributed by atoms with Crippen LogP contribution in [-0.2, 0) is 0 Å². The van der Waals surface area contributed by atoms with Gasteiger partial charge in [0.25, 0.3) is 0 Å². The first-order valence-corrected chi connectivity index (χ1v) is 9.14. The minimum Gasteiger partial charge on any atom is -0.491 e. The molecular weight excluding hydrogens is 324 g/mol. The van der Waals surface area contributed by atoms with Crippen molar-refractivity contribution in [1.82, 2.24) is 4.98 Å². The molecule has 0 aliphatic heterocycles. The van der Waals surface area contributed by atoms with Gasteiger partial charge in [0.05, 0.1) is 17.3 Å². The number of hydrogen-bond donors (Lipinski definition) is 1. The van der Waals surface area contributed by atoms with E-state index in [2.05, 4.69) is 49.2 Å². The predicted octanol–water partition coefficient (Wildman–Crippen LogP) is 4.51. The fourth-order valence-corrected chi connectivity index (χ4v) is 2.73. The van der Waals surface area contributed by atoms with Crippen LogP contribution in [0.1, 0.15) is 20.3 Å². The molecule has 0 aliphatic rings. The first-order valence-electron chi connectivity index (χ1n) is 9.14.